The molecule has 112 valence electrons. The van der Waals surface area contributed by atoms with Crippen LogP contribution in [0, 0.1) is 5.82 Å². The Bertz CT molecular complexity index is 560. The van der Waals surface area contributed by atoms with Crippen LogP contribution in [0.1, 0.15) is 24.5 Å². The van der Waals surface area contributed by atoms with Crippen LogP contribution in [0.25, 0.3) is 0 Å². The zero-order valence-electron chi connectivity index (χ0n) is 12.2. The van der Waals surface area contributed by atoms with Gasteiger partial charge in [-0.25, -0.2) is 4.39 Å². The number of hydrogen-bond donors (Lipinski definition) is 1. The van der Waals surface area contributed by atoms with Gasteiger partial charge in [0.1, 0.15) is 5.82 Å². The molecule has 0 saturated carbocycles. The van der Waals surface area contributed by atoms with E-state index in [1.165, 1.54) is 11.6 Å². The van der Waals surface area contributed by atoms with Gasteiger partial charge in [-0.05, 0) is 55.1 Å². The summed E-state index contributed by atoms with van der Waals surface area (Å²) in [5, 5.41) is 3.63. The second-order valence-corrected chi connectivity index (χ2v) is 5.51. The quantitative estimate of drug-likeness (QED) is 0.835. The van der Waals surface area contributed by atoms with E-state index >= 15 is 0 Å². The first-order valence-electron chi connectivity index (χ1n) is 7.25. The van der Waals surface area contributed by atoms with Crippen molar-refractivity contribution in [2.24, 2.45) is 0 Å². The van der Waals surface area contributed by atoms with Gasteiger partial charge in [0.25, 0.3) is 0 Å². The van der Waals surface area contributed by atoms with Gasteiger partial charge in [-0.3, -0.25) is 4.98 Å². The highest BCUT2D eigenvalue weighted by atomic mass is 35.5. The number of nitrogens with zero attached hydrogens (tertiary/aromatic N) is 1. The first-order chi connectivity index (χ1) is 10.2. The molecule has 2 nitrogen and oxygen atoms in total. The average molecular weight is 307 g/mol. The molecule has 1 heterocycles. The molecule has 1 atom stereocenters. The molecule has 0 radical (unpaired) electrons. The number of aryl methyl sites for hydroxylation is 1. The molecule has 0 aliphatic carbocycles. The third kappa shape index (κ3) is 5.10. The fourth-order valence-electron chi connectivity index (χ4n) is 2.40. The summed E-state index contributed by atoms with van der Waals surface area (Å²) in [6.45, 7) is 2.98. The summed E-state index contributed by atoms with van der Waals surface area (Å²) < 4.78 is 13.5. The van der Waals surface area contributed by atoms with Crippen LogP contribution in [0.2, 0.25) is 5.02 Å². The molecule has 1 N–H and O–H groups in total. The Morgan fingerprint density at radius 2 is 2.14 bits per heavy atom. The van der Waals surface area contributed by atoms with E-state index in [-0.39, 0.29) is 10.8 Å². The molecule has 4 heteroatoms. The van der Waals surface area contributed by atoms with Gasteiger partial charge in [-0.15, -0.1) is 0 Å². The first-order valence-corrected chi connectivity index (χ1v) is 7.63. The largest absolute Gasteiger partial charge is 0.314 e. The second-order valence-electron chi connectivity index (χ2n) is 5.11. The Morgan fingerprint density at radius 3 is 2.81 bits per heavy atom. The minimum atomic E-state index is -0.350. The average Bonchev–Trinajstić information content (AvgIpc) is 2.50. The smallest absolute Gasteiger partial charge is 0.142 e. The number of nitrogens with one attached hydrogen (secondary N) is 1. The van der Waals surface area contributed by atoms with Crippen LogP contribution in [0.4, 0.5) is 4.39 Å². The van der Waals surface area contributed by atoms with Crippen LogP contribution in [0.5, 0.6) is 0 Å². The van der Waals surface area contributed by atoms with E-state index in [2.05, 4.69) is 23.3 Å². The lowest BCUT2D eigenvalue weighted by molar-refractivity contribution is 0.489. The second kappa shape index (κ2) is 8.11. The molecular formula is C17H20ClFN2. The van der Waals surface area contributed by atoms with Crippen molar-refractivity contribution in [2.45, 2.75) is 32.2 Å². The molecule has 2 rings (SSSR count). The van der Waals surface area contributed by atoms with Crippen molar-refractivity contribution in [3.8, 4) is 0 Å². The Balaban J connectivity index is 1.96. The molecular weight excluding hydrogens is 287 g/mol. The minimum Gasteiger partial charge on any atom is -0.314 e. The molecule has 0 fully saturated rings. The molecule has 0 amide bonds. The molecule has 1 unspecified atom stereocenters. The Hall–Kier alpha value is -1.45. The maximum atomic E-state index is 13.5. The van der Waals surface area contributed by atoms with Crippen LogP contribution in [-0.2, 0) is 12.8 Å². The topological polar surface area (TPSA) is 24.9 Å². The zero-order valence-corrected chi connectivity index (χ0v) is 12.9. The number of benzene rings is 1. The van der Waals surface area contributed by atoms with Gasteiger partial charge in [0, 0.05) is 18.4 Å². The number of pyridine rings is 1. The normalized spacial score (nSPS) is 12.3. The highest BCUT2D eigenvalue weighted by Crippen LogP contribution is 2.17. The molecule has 0 spiro atoms. The summed E-state index contributed by atoms with van der Waals surface area (Å²) >= 11 is 5.72. The molecule has 0 saturated heterocycles. The third-order valence-electron chi connectivity index (χ3n) is 3.46. The molecule has 1 aromatic carbocycles. The van der Waals surface area contributed by atoms with E-state index < -0.39 is 0 Å². The summed E-state index contributed by atoms with van der Waals surface area (Å²) in [5.74, 6) is -0.350. The fraction of sp³-hybridized carbons (Fsp3) is 0.353. The van der Waals surface area contributed by atoms with Crippen molar-refractivity contribution >= 4 is 11.6 Å². The Labute approximate surface area is 130 Å². The van der Waals surface area contributed by atoms with Crippen LogP contribution < -0.4 is 5.32 Å². The minimum absolute atomic E-state index is 0.175. The summed E-state index contributed by atoms with van der Waals surface area (Å²) in [6.07, 6.45) is 6.42. The lowest BCUT2D eigenvalue weighted by atomic mass is 9.99. The zero-order chi connectivity index (χ0) is 15.1. The summed E-state index contributed by atoms with van der Waals surface area (Å²) in [5.41, 5.74) is 2.19. The number of likely N-dealkylation sites (N-methyl/N-ethyl adjacent to an activating group) is 1. The highest BCUT2D eigenvalue weighted by Gasteiger charge is 2.10. The number of hydrogen-bond acceptors (Lipinski definition) is 2. The van der Waals surface area contributed by atoms with Crippen molar-refractivity contribution in [2.75, 3.05) is 6.54 Å². The molecule has 1 aromatic heterocycles. The van der Waals surface area contributed by atoms with Crippen molar-refractivity contribution < 1.29 is 4.39 Å². The van der Waals surface area contributed by atoms with Crippen molar-refractivity contribution in [3.05, 3.63) is 64.7 Å². The molecule has 2 aromatic rings. The van der Waals surface area contributed by atoms with Crippen LogP contribution in [0.3, 0.4) is 0 Å². The lowest BCUT2D eigenvalue weighted by Crippen LogP contribution is -2.31. The van der Waals surface area contributed by atoms with Gasteiger partial charge < -0.3 is 5.32 Å². The van der Waals surface area contributed by atoms with E-state index in [1.807, 2.05) is 18.3 Å². The predicted molar refractivity (Wildman–Crippen MR) is 85.1 cm³/mol. The van der Waals surface area contributed by atoms with E-state index in [1.54, 1.807) is 12.3 Å². The third-order valence-corrected chi connectivity index (χ3v) is 3.77. The highest BCUT2D eigenvalue weighted by molar-refractivity contribution is 6.30. The van der Waals surface area contributed by atoms with Gasteiger partial charge in [-0.2, -0.15) is 0 Å². The molecule has 0 aliphatic heterocycles. The molecule has 0 bridgehead atoms. The first kappa shape index (κ1) is 15.9. The molecule has 0 aliphatic rings. The Kier molecular flexibility index (Phi) is 6.15. The maximum absolute atomic E-state index is 13.5. The fourth-order valence-corrected chi connectivity index (χ4v) is 2.52. The summed E-state index contributed by atoms with van der Waals surface area (Å²) in [6, 6.07) is 9.38. The summed E-state index contributed by atoms with van der Waals surface area (Å²) in [4.78, 5) is 4.13. The van der Waals surface area contributed by atoms with Crippen molar-refractivity contribution in [3.63, 3.8) is 0 Å². The van der Waals surface area contributed by atoms with Crippen molar-refractivity contribution in [1.29, 1.82) is 0 Å². The van der Waals surface area contributed by atoms with Crippen LogP contribution in [-0.4, -0.2) is 17.6 Å². The van der Waals surface area contributed by atoms with E-state index in [0.717, 1.165) is 31.4 Å². The van der Waals surface area contributed by atoms with Gasteiger partial charge in [-0.1, -0.05) is 30.7 Å². The summed E-state index contributed by atoms with van der Waals surface area (Å²) in [7, 11) is 0. The van der Waals surface area contributed by atoms with Crippen molar-refractivity contribution in [1.82, 2.24) is 10.3 Å². The van der Waals surface area contributed by atoms with Gasteiger partial charge in [0.15, 0.2) is 0 Å². The van der Waals surface area contributed by atoms with Gasteiger partial charge in [0.2, 0.25) is 0 Å². The number of halogens is 2. The van der Waals surface area contributed by atoms with Gasteiger partial charge >= 0.3 is 0 Å². The van der Waals surface area contributed by atoms with Gasteiger partial charge in [0.05, 0.1) is 5.02 Å². The Morgan fingerprint density at radius 1 is 1.29 bits per heavy atom. The molecule has 21 heavy (non-hydrogen) atoms. The predicted octanol–water partition coefficient (Wildman–Crippen LogP) is 4.03. The standard InChI is InChI=1S/C17H20ClFN2/c1-2-21-15(7-5-13-4-3-9-20-12-13)10-14-6-8-16(18)17(19)11-14/h3-4,6,8-9,11-12,15,21H,2,5,7,10H2,1H3. The maximum Gasteiger partial charge on any atom is 0.142 e. The van der Waals surface area contributed by atoms with Crippen LogP contribution >= 0.6 is 11.6 Å². The SMILES string of the molecule is CCNC(CCc1cccnc1)Cc1ccc(Cl)c(F)c1. The number of rotatable bonds is 7. The monoisotopic (exact) mass is 306 g/mol. The lowest BCUT2D eigenvalue weighted by Gasteiger charge is -2.18. The van der Waals surface area contributed by atoms with E-state index in [4.69, 9.17) is 11.6 Å². The van der Waals surface area contributed by atoms with E-state index in [0.29, 0.717) is 6.04 Å². The van der Waals surface area contributed by atoms with E-state index in [9.17, 15) is 4.39 Å². The van der Waals surface area contributed by atoms with Crippen LogP contribution in [0.15, 0.2) is 42.7 Å². The number of aromatic nitrogens is 1.